The number of hydrogen-bond acceptors (Lipinski definition) is 9. The fraction of sp³-hybridized carbons (Fsp3) is 0.273. The maximum atomic E-state index is 12.7. The monoisotopic (exact) mass is 480 g/mol. The normalized spacial score (nSPS) is 17.9. The van der Waals surface area contributed by atoms with Gasteiger partial charge in [0.15, 0.2) is 5.76 Å². The molecule has 3 aromatic rings. The third-order valence-corrected chi connectivity index (χ3v) is 7.02. The van der Waals surface area contributed by atoms with Gasteiger partial charge in [-0.15, -0.1) is 0 Å². The standard InChI is InChI=1S/C22H20N6O5S/c23-14-16-22(33-21(25-16)17-5-3-13-32-17)28-11-9-27(10-12-28)19(29)7-8-24-20-15-4-1-2-6-18(15)34(30,31)26-20/h1-6,13H,7-12H2,(H,24,26). The molecular formula is C22H20N6O5S. The predicted molar refractivity (Wildman–Crippen MR) is 120 cm³/mol. The fourth-order valence-electron chi connectivity index (χ4n) is 3.94. The average Bonchev–Trinajstić information content (AvgIpc) is 3.58. The summed E-state index contributed by atoms with van der Waals surface area (Å²) in [5, 5.41) is 9.43. The molecule has 5 rings (SSSR count). The third kappa shape index (κ3) is 4.01. The largest absolute Gasteiger partial charge is 0.459 e. The lowest BCUT2D eigenvalue weighted by Gasteiger charge is -2.34. The fourth-order valence-corrected chi connectivity index (χ4v) is 5.19. The van der Waals surface area contributed by atoms with Gasteiger partial charge in [0, 0.05) is 38.2 Å². The van der Waals surface area contributed by atoms with E-state index in [4.69, 9.17) is 8.83 Å². The molecule has 1 N–H and O–H groups in total. The molecule has 0 atom stereocenters. The average molecular weight is 481 g/mol. The number of nitrogens with one attached hydrogen (secondary N) is 1. The number of furan rings is 1. The first-order valence-electron chi connectivity index (χ1n) is 10.6. The minimum Gasteiger partial charge on any atom is -0.459 e. The van der Waals surface area contributed by atoms with Crippen molar-refractivity contribution in [1.29, 1.82) is 5.26 Å². The number of benzene rings is 1. The van der Waals surface area contributed by atoms with Crippen LogP contribution in [-0.4, -0.2) is 62.8 Å². The molecule has 11 nitrogen and oxygen atoms in total. The van der Waals surface area contributed by atoms with Crippen molar-refractivity contribution in [1.82, 2.24) is 14.6 Å². The number of nitriles is 1. The summed E-state index contributed by atoms with van der Waals surface area (Å²) in [7, 11) is -3.60. The van der Waals surface area contributed by atoms with Crippen LogP contribution >= 0.6 is 0 Å². The molecule has 2 aliphatic rings. The third-order valence-electron chi connectivity index (χ3n) is 5.63. The molecule has 0 radical (unpaired) electrons. The molecule has 1 aromatic carbocycles. The maximum absolute atomic E-state index is 12.7. The number of oxazole rings is 1. The van der Waals surface area contributed by atoms with Gasteiger partial charge in [-0.25, -0.2) is 8.42 Å². The molecule has 174 valence electrons. The first-order chi connectivity index (χ1) is 16.5. The number of amidine groups is 1. The zero-order valence-electron chi connectivity index (χ0n) is 18.0. The zero-order valence-corrected chi connectivity index (χ0v) is 18.8. The van der Waals surface area contributed by atoms with Crippen LogP contribution in [-0.2, 0) is 14.8 Å². The quantitative estimate of drug-likeness (QED) is 0.579. The van der Waals surface area contributed by atoms with Gasteiger partial charge in [0.05, 0.1) is 17.7 Å². The van der Waals surface area contributed by atoms with Crippen molar-refractivity contribution in [2.24, 2.45) is 4.99 Å². The van der Waals surface area contributed by atoms with E-state index in [0.29, 0.717) is 43.4 Å². The molecule has 1 amide bonds. The number of amides is 1. The Bertz CT molecular complexity index is 1400. The van der Waals surface area contributed by atoms with E-state index < -0.39 is 10.0 Å². The molecular weight excluding hydrogens is 460 g/mol. The molecule has 12 heteroatoms. The Morgan fingerprint density at radius 1 is 1.18 bits per heavy atom. The van der Waals surface area contributed by atoms with Crippen LogP contribution < -0.4 is 9.62 Å². The maximum Gasteiger partial charge on any atom is 0.266 e. The van der Waals surface area contributed by atoms with Crippen LogP contribution in [0, 0.1) is 11.3 Å². The summed E-state index contributed by atoms with van der Waals surface area (Å²) in [5.41, 5.74) is 0.680. The Balaban J connectivity index is 1.18. The SMILES string of the molecule is N#Cc1nc(-c2ccco2)oc1N1CCN(C(=O)CCN=C2NS(=O)(=O)c3ccccc32)CC1. The van der Waals surface area contributed by atoms with E-state index in [0.717, 1.165) is 0 Å². The van der Waals surface area contributed by atoms with Gasteiger partial charge >= 0.3 is 0 Å². The second kappa shape index (κ2) is 8.68. The minimum atomic E-state index is -3.60. The number of aliphatic imine (C=N–C) groups is 1. The number of rotatable bonds is 5. The zero-order chi connectivity index (χ0) is 23.7. The van der Waals surface area contributed by atoms with Gasteiger partial charge in [0.2, 0.25) is 17.5 Å². The molecule has 0 saturated carbocycles. The van der Waals surface area contributed by atoms with E-state index >= 15 is 0 Å². The molecule has 0 bridgehead atoms. The van der Waals surface area contributed by atoms with Crippen LogP contribution in [0.3, 0.4) is 0 Å². The summed E-state index contributed by atoms with van der Waals surface area (Å²) >= 11 is 0. The Kier molecular flexibility index (Phi) is 5.54. The van der Waals surface area contributed by atoms with Gasteiger partial charge < -0.3 is 18.6 Å². The lowest BCUT2D eigenvalue weighted by molar-refractivity contribution is -0.131. The number of sulfonamides is 1. The van der Waals surface area contributed by atoms with Crippen molar-refractivity contribution in [3.05, 3.63) is 53.9 Å². The molecule has 4 heterocycles. The van der Waals surface area contributed by atoms with Crippen molar-refractivity contribution in [3.63, 3.8) is 0 Å². The van der Waals surface area contributed by atoms with E-state index in [1.165, 1.54) is 12.3 Å². The minimum absolute atomic E-state index is 0.0764. The second-order valence-corrected chi connectivity index (χ2v) is 9.36. The van der Waals surface area contributed by atoms with Crippen LogP contribution in [0.1, 0.15) is 17.7 Å². The molecule has 0 aliphatic carbocycles. The smallest absolute Gasteiger partial charge is 0.266 e. The Labute approximate surface area is 195 Å². The topological polar surface area (TPSA) is 145 Å². The van der Waals surface area contributed by atoms with Gasteiger partial charge in [0.1, 0.15) is 11.9 Å². The summed E-state index contributed by atoms with van der Waals surface area (Å²) in [4.78, 5) is 25.0. The number of piperazine rings is 1. The van der Waals surface area contributed by atoms with Crippen LogP contribution in [0.2, 0.25) is 0 Å². The lowest BCUT2D eigenvalue weighted by atomic mass is 10.2. The van der Waals surface area contributed by atoms with Crippen LogP contribution in [0.5, 0.6) is 0 Å². The number of fused-ring (bicyclic) bond motifs is 1. The van der Waals surface area contributed by atoms with Gasteiger partial charge in [-0.05, 0) is 24.3 Å². The number of carbonyl (C=O) groups excluding carboxylic acids is 1. The van der Waals surface area contributed by atoms with Crippen molar-refractivity contribution >= 4 is 27.7 Å². The van der Waals surface area contributed by atoms with E-state index in [9.17, 15) is 18.5 Å². The highest BCUT2D eigenvalue weighted by molar-refractivity contribution is 7.90. The lowest BCUT2D eigenvalue weighted by Crippen LogP contribution is -2.49. The molecule has 2 aromatic heterocycles. The molecule has 1 saturated heterocycles. The molecule has 34 heavy (non-hydrogen) atoms. The highest BCUT2D eigenvalue weighted by atomic mass is 32.2. The molecule has 0 spiro atoms. The van der Waals surface area contributed by atoms with Gasteiger partial charge in [0.25, 0.3) is 15.9 Å². The molecule has 2 aliphatic heterocycles. The van der Waals surface area contributed by atoms with E-state index in [1.807, 2.05) is 11.0 Å². The highest BCUT2D eigenvalue weighted by Gasteiger charge is 2.30. The van der Waals surface area contributed by atoms with Crippen molar-refractivity contribution in [2.45, 2.75) is 11.3 Å². The summed E-state index contributed by atoms with van der Waals surface area (Å²) in [6.45, 7) is 2.03. The first kappa shape index (κ1) is 21.7. The number of nitrogens with zero attached hydrogens (tertiary/aromatic N) is 5. The number of anilines is 1. The number of hydrogen-bond donors (Lipinski definition) is 1. The van der Waals surface area contributed by atoms with Crippen LogP contribution in [0.4, 0.5) is 5.88 Å². The predicted octanol–water partition coefficient (Wildman–Crippen LogP) is 1.58. The van der Waals surface area contributed by atoms with Gasteiger partial charge in [-0.1, -0.05) is 12.1 Å². The summed E-state index contributed by atoms with van der Waals surface area (Å²) in [6.07, 6.45) is 1.66. The van der Waals surface area contributed by atoms with Crippen LogP contribution in [0.25, 0.3) is 11.7 Å². The van der Waals surface area contributed by atoms with E-state index in [2.05, 4.69) is 14.7 Å². The Morgan fingerprint density at radius 3 is 2.71 bits per heavy atom. The van der Waals surface area contributed by atoms with Gasteiger partial charge in [-0.3, -0.25) is 14.5 Å². The van der Waals surface area contributed by atoms with E-state index in [-0.39, 0.29) is 41.2 Å². The number of aromatic nitrogens is 1. The first-order valence-corrected chi connectivity index (χ1v) is 12.1. The summed E-state index contributed by atoms with van der Waals surface area (Å²) < 4.78 is 37.8. The Hall–Kier alpha value is -4.11. The second-order valence-electron chi connectivity index (χ2n) is 7.71. The van der Waals surface area contributed by atoms with E-state index in [1.54, 1.807) is 35.2 Å². The highest BCUT2D eigenvalue weighted by Crippen LogP contribution is 2.29. The van der Waals surface area contributed by atoms with Gasteiger partial charge in [-0.2, -0.15) is 10.2 Å². The Morgan fingerprint density at radius 2 is 1.97 bits per heavy atom. The summed E-state index contributed by atoms with van der Waals surface area (Å²) in [5.74, 6) is 1.21. The van der Waals surface area contributed by atoms with Crippen LogP contribution in [0.15, 0.2) is 61.4 Å². The van der Waals surface area contributed by atoms with Crippen molar-refractivity contribution in [3.8, 4) is 17.7 Å². The molecule has 1 fully saturated rings. The molecule has 0 unspecified atom stereocenters. The summed E-state index contributed by atoms with van der Waals surface area (Å²) in [6, 6.07) is 12.1. The number of carbonyl (C=O) groups is 1. The van der Waals surface area contributed by atoms with Crippen molar-refractivity contribution < 1.29 is 22.0 Å². The van der Waals surface area contributed by atoms with Crippen molar-refractivity contribution in [2.75, 3.05) is 37.6 Å².